The number of fused-ring (bicyclic) bond motifs is 1. The van der Waals surface area contributed by atoms with Crippen LogP contribution in [-0.4, -0.2) is 57.9 Å². The van der Waals surface area contributed by atoms with Gasteiger partial charge >= 0.3 is 0 Å². The summed E-state index contributed by atoms with van der Waals surface area (Å²) in [5.74, 6) is 1.57. The van der Waals surface area contributed by atoms with Crippen molar-refractivity contribution in [2.45, 2.75) is 37.5 Å². The molecule has 11 heteroatoms. The van der Waals surface area contributed by atoms with E-state index in [0.717, 1.165) is 5.82 Å². The molecule has 0 N–H and O–H groups in total. The van der Waals surface area contributed by atoms with Gasteiger partial charge in [0.2, 0.25) is 15.9 Å². The molecule has 1 fully saturated rings. The van der Waals surface area contributed by atoms with E-state index in [-0.39, 0.29) is 10.8 Å². The topological polar surface area (TPSA) is 116 Å². The molecular formula is C16H20N6O4S. The Morgan fingerprint density at radius 2 is 1.93 bits per heavy atom. The molecule has 0 atom stereocenters. The predicted molar refractivity (Wildman–Crippen MR) is 94.0 cm³/mol. The third kappa shape index (κ3) is 2.96. The Balaban J connectivity index is 1.56. The first-order valence-electron chi connectivity index (χ1n) is 8.61. The Kier molecular flexibility index (Phi) is 4.35. The van der Waals surface area contributed by atoms with Crippen molar-refractivity contribution in [1.29, 1.82) is 0 Å². The zero-order valence-corrected chi connectivity index (χ0v) is 16.1. The number of ether oxygens (including phenoxy) is 1. The summed E-state index contributed by atoms with van der Waals surface area (Å²) < 4.78 is 39.2. The molecule has 0 unspecified atom stereocenters. The summed E-state index contributed by atoms with van der Waals surface area (Å²) in [4.78, 5) is 0.167. The van der Waals surface area contributed by atoms with E-state index in [1.165, 1.54) is 4.31 Å². The fourth-order valence-electron chi connectivity index (χ4n) is 3.48. The molecule has 0 radical (unpaired) electrons. The number of nitrogens with zero attached hydrogens (tertiary/aromatic N) is 6. The number of sulfonamides is 1. The highest BCUT2D eigenvalue weighted by atomic mass is 32.2. The van der Waals surface area contributed by atoms with E-state index >= 15 is 0 Å². The first kappa shape index (κ1) is 17.9. The highest BCUT2D eigenvalue weighted by Crippen LogP contribution is 2.31. The van der Waals surface area contributed by atoms with Gasteiger partial charge in [0.1, 0.15) is 10.6 Å². The van der Waals surface area contributed by atoms with Crippen LogP contribution < -0.4 is 4.74 Å². The number of hydrogen-bond acceptors (Lipinski definition) is 8. The number of piperidine rings is 1. The van der Waals surface area contributed by atoms with E-state index < -0.39 is 10.0 Å². The molecule has 3 aromatic rings. The van der Waals surface area contributed by atoms with Crippen molar-refractivity contribution in [3.63, 3.8) is 0 Å². The van der Waals surface area contributed by atoms with Crippen LogP contribution in [0.1, 0.15) is 36.0 Å². The van der Waals surface area contributed by atoms with Crippen molar-refractivity contribution >= 4 is 15.7 Å². The zero-order chi connectivity index (χ0) is 19.2. The number of aromatic nitrogens is 5. The molecule has 0 aromatic carbocycles. The molecule has 1 aliphatic rings. The first-order valence-corrected chi connectivity index (χ1v) is 10.0. The Hall–Kier alpha value is -2.53. The second-order valence-electron chi connectivity index (χ2n) is 6.54. The largest absolute Gasteiger partial charge is 0.480 e. The number of hydrogen-bond donors (Lipinski definition) is 0. The molecule has 27 heavy (non-hydrogen) atoms. The van der Waals surface area contributed by atoms with Crippen LogP contribution >= 0.6 is 0 Å². The van der Waals surface area contributed by atoms with Gasteiger partial charge < -0.3 is 9.26 Å². The third-order valence-electron chi connectivity index (χ3n) is 4.86. The van der Waals surface area contributed by atoms with Gasteiger partial charge in [-0.1, -0.05) is 5.16 Å². The molecule has 0 spiro atoms. The summed E-state index contributed by atoms with van der Waals surface area (Å²) in [6.07, 6.45) is 1.25. The van der Waals surface area contributed by atoms with Crippen molar-refractivity contribution in [3.8, 4) is 5.88 Å². The molecule has 0 aliphatic carbocycles. The van der Waals surface area contributed by atoms with Crippen LogP contribution in [0, 0.1) is 13.8 Å². The summed E-state index contributed by atoms with van der Waals surface area (Å²) in [5.41, 5.74) is 1.02. The van der Waals surface area contributed by atoms with E-state index in [0.29, 0.717) is 48.9 Å². The van der Waals surface area contributed by atoms with Crippen molar-refractivity contribution in [2.24, 2.45) is 0 Å². The number of methoxy groups -OCH3 is 1. The van der Waals surface area contributed by atoms with Gasteiger partial charge in [0.15, 0.2) is 17.2 Å². The smallest absolute Gasteiger partial charge is 0.248 e. The molecule has 1 aliphatic heterocycles. The maximum absolute atomic E-state index is 12.9. The van der Waals surface area contributed by atoms with Crippen molar-refractivity contribution < 1.29 is 17.7 Å². The summed E-state index contributed by atoms with van der Waals surface area (Å²) in [6, 6.07) is 3.52. The van der Waals surface area contributed by atoms with Gasteiger partial charge in [-0.3, -0.25) is 0 Å². The van der Waals surface area contributed by atoms with E-state index in [2.05, 4.69) is 20.5 Å². The minimum absolute atomic E-state index is 0.0655. The molecule has 10 nitrogen and oxygen atoms in total. The molecule has 144 valence electrons. The van der Waals surface area contributed by atoms with Gasteiger partial charge in [0.05, 0.1) is 7.11 Å². The summed E-state index contributed by atoms with van der Waals surface area (Å²) in [6.45, 7) is 4.02. The highest BCUT2D eigenvalue weighted by molar-refractivity contribution is 7.89. The lowest BCUT2D eigenvalue weighted by Crippen LogP contribution is -2.38. The van der Waals surface area contributed by atoms with Gasteiger partial charge in [-0.2, -0.15) is 8.82 Å². The fraction of sp³-hybridized carbons (Fsp3) is 0.500. The van der Waals surface area contributed by atoms with Crippen LogP contribution in [0.5, 0.6) is 5.88 Å². The quantitative estimate of drug-likeness (QED) is 0.652. The highest BCUT2D eigenvalue weighted by Gasteiger charge is 2.35. The van der Waals surface area contributed by atoms with Gasteiger partial charge in [0, 0.05) is 25.1 Å². The molecule has 4 heterocycles. The molecule has 0 amide bonds. The van der Waals surface area contributed by atoms with Crippen LogP contribution in [0.15, 0.2) is 21.6 Å². The molecule has 1 saturated heterocycles. The third-order valence-corrected chi connectivity index (χ3v) is 7.00. The van der Waals surface area contributed by atoms with Gasteiger partial charge in [0.25, 0.3) is 0 Å². The van der Waals surface area contributed by atoms with Gasteiger partial charge in [-0.15, -0.1) is 15.3 Å². The summed E-state index contributed by atoms with van der Waals surface area (Å²) >= 11 is 0. The number of aryl methyl sites for hydroxylation is 2. The van der Waals surface area contributed by atoms with E-state index in [4.69, 9.17) is 9.26 Å². The van der Waals surface area contributed by atoms with Crippen molar-refractivity contribution in [3.05, 3.63) is 29.4 Å². The minimum Gasteiger partial charge on any atom is -0.480 e. The molecule has 3 aromatic heterocycles. The summed E-state index contributed by atoms with van der Waals surface area (Å²) in [7, 11) is -2.08. The average Bonchev–Trinajstić information content (AvgIpc) is 3.24. The lowest BCUT2D eigenvalue weighted by molar-refractivity contribution is 0.309. The Bertz CT molecular complexity index is 1060. The number of rotatable bonds is 4. The lowest BCUT2D eigenvalue weighted by Gasteiger charge is -2.30. The SMILES string of the molecule is COc1ccc2nnc(C3CCN(S(=O)(=O)c4c(C)noc4C)CC3)n2n1. The van der Waals surface area contributed by atoms with Gasteiger partial charge in [-0.25, -0.2) is 8.42 Å². The van der Waals surface area contributed by atoms with Crippen LogP contribution in [0.2, 0.25) is 0 Å². The van der Waals surface area contributed by atoms with E-state index in [1.54, 1.807) is 37.6 Å². The molecule has 0 bridgehead atoms. The maximum Gasteiger partial charge on any atom is 0.248 e. The van der Waals surface area contributed by atoms with E-state index in [9.17, 15) is 8.42 Å². The minimum atomic E-state index is -3.63. The maximum atomic E-state index is 12.9. The van der Waals surface area contributed by atoms with Crippen LogP contribution in [-0.2, 0) is 10.0 Å². The van der Waals surface area contributed by atoms with Crippen LogP contribution in [0.3, 0.4) is 0 Å². The van der Waals surface area contributed by atoms with Gasteiger partial charge in [-0.05, 0) is 32.8 Å². The van der Waals surface area contributed by atoms with Crippen LogP contribution in [0.4, 0.5) is 0 Å². The molecule has 0 saturated carbocycles. The lowest BCUT2D eigenvalue weighted by atomic mass is 9.97. The van der Waals surface area contributed by atoms with Crippen molar-refractivity contribution in [1.82, 2.24) is 29.3 Å². The first-order chi connectivity index (χ1) is 12.9. The predicted octanol–water partition coefficient (Wildman–Crippen LogP) is 1.31. The normalized spacial score (nSPS) is 16.9. The summed E-state index contributed by atoms with van der Waals surface area (Å²) in [5, 5.41) is 16.5. The second kappa shape index (κ2) is 6.57. The van der Waals surface area contributed by atoms with Crippen molar-refractivity contribution in [2.75, 3.05) is 20.2 Å². The Labute approximate surface area is 156 Å². The Morgan fingerprint density at radius 3 is 2.56 bits per heavy atom. The average molecular weight is 392 g/mol. The molecule has 4 rings (SSSR count). The monoisotopic (exact) mass is 392 g/mol. The second-order valence-corrected chi connectivity index (χ2v) is 8.41. The fourth-order valence-corrected chi connectivity index (χ4v) is 5.24. The Morgan fingerprint density at radius 1 is 1.19 bits per heavy atom. The van der Waals surface area contributed by atoms with E-state index in [1.807, 2.05) is 0 Å². The standard InChI is InChI=1S/C16H20N6O4S/c1-10-15(11(2)26-20-10)27(23,24)21-8-6-12(7-9-21)16-18-17-13-4-5-14(25-3)19-22(13)16/h4-5,12H,6-9H2,1-3H3. The zero-order valence-electron chi connectivity index (χ0n) is 15.3. The molecular weight excluding hydrogens is 372 g/mol. The van der Waals surface area contributed by atoms with Crippen LogP contribution in [0.25, 0.3) is 5.65 Å².